The van der Waals surface area contributed by atoms with Gasteiger partial charge in [-0.15, -0.1) is 0 Å². The van der Waals surface area contributed by atoms with Crippen molar-refractivity contribution < 1.29 is 0 Å². The number of hydrogen-bond acceptors (Lipinski definition) is 2. The van der Waals surface area contributed by atoms with Gasteiger partial charge in [0.1, 0.15) is 0 Å². The van der Waals surface area contributed by atoms with E-state index in [4.69, 9.17) is 11.5 Å². The van der Waals surface area contributed by atoms with Crippen LogP contribution in [0.5, 0.6) is 0 Å². The molecular formula is C9H22N2. The summed E-state index contributed by atoms with van der Waals surface area (Å²) in [6.07, 6.45) is 2.17. The zero-order chi connectivity index (χ0) is 9.12. The van der Waals surface area contributed by atoms with Crippen molar-refractivity contribution in [3.8, 4) is 0 Å². The fraction of sp³-hybridized carbons (Fsp3) is 1.00. The third-order valence-electron chi connectivity index (χ3n) is 2.75. The topological polar surface area (TPSA) is 52.0 Å². The van der Waals surface area contributed by atoms with E-state index in [1.165, 1.54) is 0 Å². The Hall–Kier alpha value is -0.0800. The highest BCUT2D eigenvalue weighted by Gasteiger charge is 2.32. The molecule has 0 amide bonds. The standard InChI is InChI=1S/C9H22N2/c1-8(2,6-5-7-10)9(3,4)11/h5-7,10-11H2,1-4H3. The Morgan fingerprint density at radius 3 is 1.82 bits per heavy atom. The molecule has 0 unspecified atom stereocenters. The predicted molar refractivity (Wildman–Crippen MR) is 50.3 cm³/mol. The number of hydrogen-bond donors (Lipinski definition) is 2. The van der Waals surface area contributed by atoms with Crippen LogP contribution in [0.2, 0.25) is 0 Å². The SMILES string of the molecule is CC(C)(N)C(C)(C)CCCN. The van der Waals surface area contributed by atoms with Gasteiger partial charge in [0.25, 0.3) is 0 Å². The third kappa shape index (κ3) is 3.21. The molecule has 0 radical (unpaired) electrons. The molecular weight excluding hydrogens is 136 g/mol. The monoisotopic (exact) mass is 158 g/mol. The van der Waals surface area contributed by atoms with Crippen molar-refractivity contribution >= 4 is 0 Å². The molecule has 2 heteroatoms. The lowest BCUT2D eigenvalue weighted by atomic mass is 9.72. The van der Waals surface area contributed by atoms with Crippen LogP contribution in [0.3, 0.4) is 0 Å². The van der Waals surface area contributed by atoms with Crippen LogP contribution in [-0.2, 0) is 0 Å². The molecule has 11 heavy (non-hydrogen) atoms. The maximum Gasteiger partial charge on any atom is 0.0148 e. The Kier molecular flexibility index (Phi) is 3.52. The van der Waals surface area contributed by atoms with Gasteiger partial charge in [0, 0.05) is 5.54 Å². The van der Waals surface area contributed by atoms with E-state index < -0.39 is 0 Å². The van der Waals surface area contributed by atoms with Crippen molar-refractivity contribution in [2.24, 2.45) is 16.9 Å². The molecule has 0 aromatic carbocycles. The van der Waals surface area contributed by atoms with Crippen LogP contribution < -0.4 is 11.5 Å². The summed E-state index contributed by atoms with van der Waals surface area (Å²) in [6, 6.07) is 0. The fourth-order valence-corrected chi connectivity index (χ4v) is 0.866. The summed E-state index contributed by atoms with van der Waals surface area (Å²) < 4.78 is 0. The average molecular weight is 158 g/mol. The summed E-state index contributed by atoms with van der Waals surface area (Å²) in [5.41, 5.74) is 11.5. The van der Waals surface area contributed by atoms with Crippen LogP contribution in [0.1, 0.15) is 40.5 Å². The van der Waals surface area contributed by atoms with Crippen LogP contribution in [-0.4, -0.2) is 12.1 Å². The average Bonchev–Trinajstić information content (AvgIpc) is 1.81. The van der Waals surface area contributed by atoms with Crippen molar-refractivity contribution in [1.82, 2.24) is 0 Å². The highest BCUT2D eigenvalue weighted by molar-refractivity contribution is 4.89. The van der Waals surface area contributed by atoms with Gasteiger partial charge in [-0.3, -0.25) is 0 Å². The summed E-state index contributed by atoms with van der Waals surface area (Å²) in [6.45, 7) is 9.30. The molecule has 0 aliphatic carbocycles. The maximum absolute atomic E-state index is 6.01. The molecule has 0 aliphatic heterocycles. The van der Waals surface area contributed by atoms with Crippen LogP contribution in [0, 0.1) is 5.41 Å². The second kappa shape index (κ2) is 3.55. The van der Waals surface area contributed by atoms with Crippen molar-refractivity contribution in [3.63, 3.8) is 0 Å². The smallest absolute Gasteiger partial charge is 0.0148 e. The Morgan fingerprint density at radius 2 is 1.55 bits per heavy atom. The molecule has 0 rings (SSSR count). The maximum atomic E-state index is 6.01. The lowest BCUT2D eigenvalue weighted by Crippen LogP contribution is -2.47. The van der Waals surface area contributed by atoms with Gasteiger partial charge in [0.15, 0.2) is 0 Å². The highest BCUT2D eigenvalue weighted by Crippen LogP contribution is 2.32. The number of rotatable bonds is 4. The first-order chi connectivity index (χ1) is 4.81. The summed E-state index contributed by atoms with van der Waals surface area (Å²) >= 11 is 0. The molecule has 0 fully saturated rings. The molecule has 0 heterocycles. The number of nitrogens with two attached hydrogens (primary N) is 2. The first-order valence-corrected chi connectivity index (χ1v) is 4.30. The summed E-state index contributed by atoms with van der Waals surface area (Å²) in [5.74, 6) is 0. The largest absolute Gasteiger partial charge is 0.330 e. The van der Waals surface area contributed by atoms with E-state index in [1.807, 2.05) is 0 Å². The lowest BCUT2D eigenvalue weighted by molar-refractivity contribution is 0.183. The molecule has 0 aromatic rings. The van der Waals surface area contributed by atoms with E-state index in [1.54, 1.807) is 0 Å². The van der Waals surface area contributed by atoms with Gasteiger partial charge < -0.3 is 11.5 Å². The molecule has 0 atom stereocenters. The van der Waals surface area contributed by atoms with Gasteiger partial charge in [-0.2, -0.15) is 0 Å². The Labute approximate surface area is 70.3 Å². The molecule has 0 spiro atoms. The molecule has 0 aromatic heterocycles. The highest BCUT2D eigenvalue weighted by atomic mass is 14.7. The van der Waals surface area contributed by atoms with E-state index in [2.05, 4.69) is 27.7 Å². The van der Waals surface area contributed by atoms with Gasteiger partial charge in [0.05, 0.1) is 0 Å². The quantitative estimate of drug-likeness (QED) is 0.651. The predicted octanol–water partition coefficient (Wildman–Crippen LogP) is 1.49. The minimum absolute atomic E-state index is 0.109. The van der Waals surface area contributed by atoms with Gasteiger partial charge in [-0.1, -0.05) is 13.8 Å². The molecule has 4 N–H and O–H groups in total. The van der Waals surface area contributed by atoms with Crippen LogP contribution >= 0.6 is 0 Å². The summed E-state index contributed by atoms with van der Waals surface area (Å²) in [4.78, 5) is 0. The summed E-state index contributed by atoms with van der Waals surface area (Å²) in [7, 11) is 0. The minimum atomic E-state index is -0.109. The van der Waals surface area contributed by atoms with Crippen molar-refractivity contribution in [2.75, 3.05) is 6.54 Å². The van der Waals surface area contributed by atoms with Crippen molar-refractivity contribution in [1.29, 1.82) is 0 Å². The first kappa shape index (κ1) is 10.9. The van der Waals surface area contributed by atoms with E-state index in [-0.39, 0.29) is 11.0 Å². The zero-order valence-electron chi connectivity index (χ0n) is 8.28. The van der Waals surface area contributed by atoms with Crippen molar-refractivity contribution in [2.45, 2.75) is 46.1 Å². The van der Waals surface area contributed by atoms with E-state index in [0.717, 1.165) is 19.4 Å². The van der Waals surface area contributed by atoms with Crippen LogP contribution in [0.4, 0.5) is 0 Å². The Morgan fingerprint density at radius 1 is 1.09 bits per heavy atom. The molecule has 0 saturated heterocycles. The van der Waals surface area contributed by atoms with Gasteiger partial charge in [-0.25, -0.2) is 0 Å². The lowest BCUT2D eigenvalue weighted by Gasteiger charge is -2.38. The van der Waals surface area contributed by atoms with E-state index in [0.29, 0.717) is 0 Å². The van der Waals surface area contributed by atoms with Gasteiger partial charge in [0.2, 0.25) is 0 Å². The molecule has 0 bridgehead atoms. The molecule has 2 nitrogen and oxygen atoms in total. The first-order valence-electron chi connectivity index (χ1n) is 4.30. The van der Waals surface area contributed by atoms with E-state index >= 15 is 0 Å². The fourth-order valence-electron chi connectivity index (χ4n) is 0.866. The normalized spacial score (nSPS) is 13.6. The minimum Gasteiger partial charge on any atom is -0.330 e. The third-order valence-corrected chi connectivity index (χ3v) is 2.75. The Bertz CT molecular complexity index is 111. The molecule has 0 saturated carbocycles. The van der Waals surface area contributed by atoms with Crippen LogP contribution in [0.15, 0.2) is 0 Å². The second-order valence-corrected chi connectivity index (χ2v) is 4.50. The van der Waals surface area contributed by atoms with Gasteiger partial charge in [-0.05, 0) is 38.6 Å². The van der Waals surface area contributed by atoms with Crippen LogP contribution in [0.25, 0.3) is 0 Å². The zero-order valence-corrected chi connectivity index (χ0v) is 8.28. The molecule has 68 valence electrons. The second-order valence-electron chi connectivity index (χ2n) is 4.50. The van der Waals surface area contributed by atoms with Gasteiger partial charge >= 0.3 is 0 Å². The summed E-state index contributed by atoms with van der Waals surface area (Å²) in [5, 5.41) is 0. The Balaban J connectivity index is 4.00. The van der Waals surface area contributed by atoms with Crippen molar-refractivity contribution in [3.05, 3.63) is 0 Å². The van der Waals surface area contributed by atoms with E-state index in [9.17, 15) is 0 Å². The molecule has 0 aliphatic rings.